The summed E-state index contributed by atoms with van der Waals surface area (Å²) in [5.41, 5.74) is 8.02. The Morgan fingerprint density at radius 3 is 1.62 bits per heavy atom. The monoisotopic (exact) mass is 496 g/mol. The second-order valence-corrected chi connectivity index (χ2v) is 10.2. The van der Waals surface area contributed by atoms with Crippen molar-refractivity contribution in [2.24, 2.45) is 0 Å². The zero-order valence-corrected chi connectivity index (χ0v) is 21.3. The largest absolute Gasteiger partial charge is 0.239 e. The molecular formula is C37H24N2. The van der Waals surface area contributed by atoms with Crippen LogP contribution >= 0.6 is 0 Å². The van der Waals surface area contributed by atoms with Crippen LogP contribution in [-0.4, -0.2) is 9.61 Å². The van der Waals surface area contributed by atoms with Crippen LogP contribution in [0.4, 0.5) is 0 Å². The highest BCUT2D eigenvalue weighted by molar-refractivity contribution is 6.00. The first-order valence-corrected chi connectivity index (χ1v) is 13.3. The van der Waals surface area contributed by atoms with Gasteiger partial charge >= 0.3 is 0 Å². The van der Waals surface area contributed by atoms with Crippen LogP contribution in [0.5, 0.6) is 0 Å². The molecule has 8 rings (SSSR count). The predicted octanol–water partition coefficient (Wildman–Crippen LogP) is 9.79. The Labute approximate surface area is 226 Å². The molecule has 0 fully saturated rings. The van der Waals surface area contributed by atoms with Gasteiger partial charge in [0, 0.05) is 22.7 Å². The molecule has 2 aromatic heterocycles. The summed E-state index contributed by atoms with van der Waals surface area (Å²) in [4.78, 5) is 0. The Balaban J connectivity index is 1.30. The van der Waals surface area contributed by atoms with E-state index in [1.54, 1.807) is 0 Å². The van der Waals surface area contributed by atoms with Crippen molar-refractivity contribution in [1.29, 1.82) is 0 Å². The van der Waals surface area contributed by atoms with Crippen molar-refractivity contribution in [2.75, 3.05) is 0 Å². The SMILES string of the molecule is c1ccc(-c2nn3cc4ccccc4cc3c2-c2ccc3cc(-c4ccc5ccccc5c4)ccc3c2)cc1. The number of rotatable bonds is 3. The van der Waals surface area contributed by atoms with Gasteiger partial charge in [0.15, 0.2) is 0 Å². The molecule has 6 aromatic carbocycles. The highest BCUT2D eigenvalue weighted by Gasteiger charge is 2.17. The standard InChI is InChI=1S/C37H24N2/c1-2-9-26(10-3-1)37-36(35-23-28-12-6-7-13-34(28)24-39(35)38-37)33-19-18-31-21-30(16-17-32(31)22-33)29-15-14-25-8-4-5-11-27(25)20-29/h1-24H. The van der Waals surface area contributed by atoms with Gasteiger partial charge in [-0.2, -0.15) is 5.10 Å². The molecule has 0 aliphatic rings. The van der Waals surface area contributed by atoms with E-state index in [1.807, 2.05) is 4.52 Å². The summed E-state index contributed by atoms with van der Waals surface area (Å²) in [6.45, 7) is 0. The van der Waals surface area contributed by atoms with E-state index in [4.69, 9.17) is 5.10 Å². The van der Waals surface area contributed by atoms with Gasteiger partial charge in [-0.15, -0.1) is 0 Å². The van der Waals surface area contributed by atoms with Crippen LogP contribution in [0.25, 0.3) is 71.3 Å². The maximum atomic E-state index is 5.08. The molecule has 0 bridgehead atoms. The van der Waals surface area contributed by atoms with Crippen molar-refractivity contribution in [3.8, 4) is 33.5 Å². The molecule has 0 spiro atoms. The van der Waals surface area contributed by atoms with E-state index in [2.05, 4.69) is 146 Å². The molecule has 182 valence electrons. The number of hydrogen-bond acceptors (Lipinski definition) is 1. The van der Waals surface area contributed by atoms with Crippen molar-refractivity contribution >= 4 is 37.8 Å². The molecule has 2 nitrogen and oxygen atoms in total. The molecule has 8 aromatic rings. The minimum absolute atomic E-state index is 0.998. The summed E-state index contributed by atoms with van der Waals surface area (Å²) >= 11 is 0. The maximum absolute atomic E-state index is 5.08. The summed E-state index contributed by atoms with van der Waals surface area (Å²) in [6, 6.07) is 50.0. The van der Waals surface area contributed by atoms with E-state index < -0.39 is 0 Å². The van der Waals surface area contributed by atoms with Crippen molar-refractivity contribution in [1.82, 2.24) is 9.61 Å². The zero-order valence-electron chi connectivity index (χ0n) is 21.3. The lowest BCUT2D eigenvalue weighted by atomic mass is 9.95. The van der Waals surface area contributed by atoms with Gasteiger partial charge < -0.3 is 0 Å². The molecule has 0 aliphatic heterocycles. The Kier molecular flexibility index (Phi) is 4.86. The molecular weight excluding hydrogens is 472 g/mol. The zero-order chi connectivity index (χ0) is 25.8. The van der Waals surface area contributed by atoms with E-state index in [-0.39, 0.29) is 0 Å². The highest BCUT2D eigenvalue weighted by Crippen LogP contribution is 2.38. The van der Waals surface area contributed by atoms with Gasteiger partial charge in [0.25, 0.3) is 0 Å². The first-order valence-electron chi connectivity index (χ1n) is 13.3. The van der Waals surface area contributed by atoms with E-state index in [9.17, 15) is 0 Å². The lowest BCUT2D eigenvalue weighted by molar-refractivity contribution is 0.974. The second kappa shape index (κ2) is 8.68. The van der Waals surface area contributed by atoms with E-state index in [0.29, 0.717) is 0 Å². The van der Waals surface area contributed by atoms with Gasteiger partial charge in [-0.1, -0.05) is 115 Å². The van der Waals surface area contributed by atoms with Gasteiger partial charge in [-0.25, -0.2) is 4.52 Å². The Morgan fingerprint density at radius 1 is 0.385 bits per heavy atom. The summed E-state index contributed by atoms with van der Waals surface area (Å²) < 4.78 is 2.03. The Morgan fingerprint density at radius 2 is 0.897 bits per heavy atom. The Bertz CT molecular complexity index is 2170. The molecule has 0 amide bonds. The molecule has 2 heteroatoms. The molecule has 0 radical (unpaired) electrons. The molecule has 39 heavy (non-hydrogen) atoms. The fourth-order valence-electron chi connectivity index (χ4n) is 5.76. The van der Waals surface area contributed by atoms with Gasteiger partial charge in [0.05, 0.1) is 5.52 Å². The minimum Gasteiger partial charge on any atom is -0.239 e. The lowest BCUT2D eigenvalue weighted by Crippen LogP contribution is -1.87. The quantitative estimate of drug-likeness (QED) is 0.238. The summed E-state index contributed by atoms with van der Waals surface area (Å²) in [5, 5.41) is 12.5. The topological polar surface area (TPSA) is 17.3 Å². The van der Waals surface area contributed by atoms with Gasteiger partial charge in [-0.3, -0.25) is 0 Å². The van der Waals surface area contributed by atoms with Crippen molar-refractivity contribution in [3.05, 3.63) is 146 Å². The normalized spacial score (nSPS) is 11.6. The molecule has 2 heterocycles. The molecule has 0 atom stereocenters. The first kappa shape index (κ1) is 21.8. The van der Waals surface area contributed by atoms with Gasteiger partial charge in [0.2, 0.25) is 0 Å². The Hall–Kier alpha value is -5.21. The van der Waals surface area contributed by atoms with Crippen LogP contribution in [0.3, 0.4) is 0 Å². The molecule has 0 unspecified atom stereocenters. The van der Waals surface area contributed by atoms with Crippen LogP contribution in [0.15, 0.2) is 146 Å². The average molecular weight is 497 g/mol. The number of hydrogen-bond donors (Lipinski definition) is 0. The lowest BCUT2D eigenvalue weighted by Gasteiger charge is -2.09. The third-order valence-corrected chi connectivity index (χ3v) is 7.76. The van der Waals surface area contributed by atoms with Crippen LogP contribution in [0, 0.1) is 0 Å². The number of pyridine rings is 1. The average Bonchev–Trinajstić information content (AvgIpc) is 3.38. The second-order valence-electron chi connectivity index (χ2n) is 10.2. The van der Waals surface area contributed by atoms with Crippen molar-refractivity contribution < 1.29 is 0 Å². The molecule has 0 saturated carbocycles. The smallest absolute Gasteiger partial charge is 0.101 e. The predicted molar refractivity (Wildman–Crippen MR) is 164 cm³/mol. The third-order valence-electron chi connectivity index (χ3n) is 7.76. The summed E-state index contributed by atoms with van der Waals surface area (Å²) in [7, 11) is 0. The van der Waals surface area contributed by atoms with Crippen LogP contribution in [0.1, 0.15) is 0 Å². The number of aromatic nitrogens is 2. The van der Waals surface area contributed by atoms with Crippen LogP contribution in [-0.2, 0) is 0 Å². The fraction of sp³-hybridized carbons (Fsp3) is 0. The molecule has 0 N–H and O–H groups in total. The molecule has 0 saturated heterocycles. The number of fused-ring (bicyclic) bond motifs is 4. The van der Waals surface area contributed by atoms with Crippen molar-refractivity contribution in [3.63, 3.8) is 0 Å². The molecule has 0 aliphatic carbocycles. The van der Waals surface area contributed by atoms with Crippen LogP contribution < -0.4 is 0 Å². The minimum atomic E-state index is 0.998. The van der Waals surface area contributed by atoms with Gasteiger partial charge in [-0.05, 0) is 67.9 Å². The third kappa shape index (κ3) is 3.69. The van der Waals surface area contributed by atoms with E-state index in [0.717, 1.165) is 22.3 Å². The first-order chi connectivity index (χ1) is 19.3. The summed E-state index contributed by atoms with van der Waals surface area (Å²) in [6.07, 6.45) is 2.14. The van der Waals surface area contributed by atoms with Gasteiger partial charge in [0.1, 0.15) is 5.69 Å². The van der Waals surface area contributed by atoms with Crippen LogP contribution in [0.2, 0.25) is 0 Å². The summed E-state index contributed by atoms with van der Waals surface area (Å²) in [5.74, 6) is 0. The number of nitrogens with zero attached hydrogens (tertiary/aromatic N) is 2. The number of benzene rings is 6. The fourth-order valence-corrected chi connectivity index (χ4v) is 5.76. The maximum Gasteiger partial charge on any atom is 0.101 e. The highest BCUT2D eigenvalue weighted by atomic mass is 15.2. The van der Waals surface area contributed by atoms with E-state index in [1.165, 1.54) is 49.0 Å². The van der Waals surface area contributed by atoms with E-state index >= 15 is 0 Å². The van der Waals surface area contributed by atoms with Crippen molar-refractivity contribution in [2.45, 2.75) is 0 Å².